The number of amides is 1. The van der Waals surface area contributed by atoms with Gasteiger partial charge in [0.05, 0.1) is 33.1 Å². The zero-order valence-electron chi connectivity index (χ0n) is 15.9. The van der Waals surface area contributed by atoms with Crippen molar-refractivity contribution >= 4 is 17.3 Å². The quantitative estimate of drug-likeness (QED) is 0.588. The summed E-state index contributed by atoms with van der Waals surface area (Å²) in [6.07, 6.45) is 0. The third kappa shape index (κ3) is 6.71. The van der Waals surface area contributed by atoms with Gasteiger partial charge in [0, 0.05) is 24.4 Å². The summed E-state index contributed by atoms with van der Waals surface area (Å²) < 4.78 is 21.3. The van der Waals surface area contributed by atoms with Gasteiger partial charge in [-0.2, -0.15) is 0 Å². The second-order valence-corrected chi connectivity index (χ2v) is 5.54. The van der Waals surface area contributed by atoms with Crippen molar-refractivity contribution in [1.29, 1.82) is 0 Å². The van der Waals surface area contributed by atoms with Crippen LogP contribution >= 0.6 is 0 Å². The third-order valence-electron chi connectivity index (χ3n) is 3.66. The standard InChI is InChI=1S/C20H26N2O5/c1-4-26-10-11-27-17-7-5-6-15(12-17)22-20(23)14-21-18-13-16(24-2)8-9-19(18)25-3/h5-9,12-13,21H,4,10-11,14H2,1-3H3,(H,22,23). The molecule has 0 heterocycles. The van der Waals surface area contributed by atoms with Crippen molar-refractivity contribution in [3.05, 3.63) is 42.5 Å². The molecular weight excluding hydrogens is 348 g/mol. The van der Waals surface area contributed by atoms with Crippen LogP contribution in [0.4, 0.5) is 11.4 Å². The first-order chi connectivity index (χ1) is 13.2. The maximum Gasteiger partial charge on any atom is 0.243 e. The van der Waals surface area contributed by atoms with Gasteiger partial charge >= 0.3 is 0 Å². The Bertz CT molecular complexity index is 736. The Balaban J connectivity index is 1.89. The second-order valence-electron chi connectivity index (χ2n) is 5.54. The SMILES string of the molecule is CCOCCOc1cccc(NC(=O)CNc2cc(OC)ccc2OC)c1. The van der Waals surface area contributed by atoms with E-state index < -0.39 is 0 Å². The molecule has 0 spiro atoms. The average molecular weight is 374 g/mol. The van der Waals surface area contributed by atoms with Crippen molar-refractivity contribution in [2.24, 2.45) is 0 Å². The molecule has 0 radical (unpaired) electrons. The Morgan fingerprint density at radius 3 is 2.59 bits per heavy atom. The fourth-order valence-corrected chi connectivity index (χ4v) is 2.36. The molecule has 7 heteroatoms. The summed E-state index contributed by atoms with van der Waals surface area (Å²) in [5.41, 5.74) is 1.34. The van der Waals surface area contributed by atoms with Crippen molar-refractivity contribution in [2.45, 2.75) is 6.92 Å². The van der Waals surface area contributed by atoms with E-state index in [1.54, 1.807) is 44.6 Å². The lowest BCUT2D eigenvalue weighted by atomic mass is 10.2. The summed E-state index contributed by atoms with van der Waals surface area (Å²) in [6, 6.07) is 12.6. The largest absolute Gasteiger partial charge is 0.497 e. The maximum absolute atomic E-state index is 12.2. The molecule has 146 valence electrons. The van der Waals surface area contributed by atoms with Crippen molar-refractivity contribution < 1.29 is 23.7 Å². The molecule has 1 amide bonds. The number of carbonyl (C=O) groups excluding carboxylic acids is 1. The van der Waals surface area contributed by atoms with E-state index in [0.717, 1.165) is 0 Å². The molecule has 0 atom stereocenters. The Labute approximate surface area is 159 Å². The minimum atomic E-state index is -0.189. The molecule has 0 aliphatic rings. The van der Waals surface area contributed by atoms with Gasteiger partial charge in [0.1, 0.15) is 23.9 Å². The van der Waals surface area contributed by atoms with Crippen LogP contribution in [0.5, 0.6) is 17.2 Å². The van der Waals surface area contributed by atoms with Gasteiger partial charge in [0.25, 0.3) is 0 Å². The second kappa shape index (κ2) is 10.9. The van der Waals surface area contributed by atoms with Crippen LogP contribution in [0.2, 0.25) is 0 Å². The lowest BCUT2D eigenvalue weighted by Crippen LogP contribution is -2.22. The Morgan fingerprint density at radius 2 is 1.85 bits per heavy atom. The molecule has 0 aromatic heterocycles. The number of carbonyl (C=O) groups is 1. The summed E-state index contributed by atoms with van der Waals surface area (Å²) in [5, 5.41) is 5.89. The van der Waals surface area contributed by atoms with Gasteiger partial charge in [0.15, 0.2) is 0 Å². The smallest absolute Gasteiger partial charge is 0.243 e. The molecule has 0 aliphatic heterocycles. The number of benzene rings is 2. The predicted molar refractivity (Wildman–Crippen MR) is 105 cm³/mol. The molecule has 2 N–H and O–H groups in total. The maximum atomic E-state index is 12.2. The molecule has 2 rings (SSSR count). The number of anilines is 2. The fraction of sp³-hybridized carbons (Fsp3) is 0.350. The van der Waals surface area contributed by atoms with E-state index >= 15 is 0 Å². The Morgan fingerprint density at radius 1 is 1.00 bits per heavy atom. The molecular formula is C20H26N2O5. The summed E-state index contributed by atoms with van der Waals surface area (Å²) >= 11 is 0. The van der Waals surface area contributed by atoms with E-state index in [4.69, 9.17) is 18.9 Å². The first-order valence-corrected chi connectivity index (χ1v) is 8.72. The van der Waals surface area contributed by atoms with E-state index in [2.05, 4.69) is 10.6 Å². The van der Waals surface area contributed by atoms with Gasteiger partial charge in [0.2, 0.25) is 5.91 Å². The number of nitrogens with one attached hydrogen (secondary N) is 2. The molecule has 2 aromatic rings. The van der Waals surface area contributed by atoms with Gasteiger partial charge in [-0.05, 0) is 31.2 Å². The molecule has 2 aromatic carbocycles. The molecule has 0 unspecified atom stereocenters. The minimum Gasteiger partial charge on any atom is -0.497 e. The number of ether oxygens (including phenoxy) is 4. The Kier molecular flexibility index (Phi) is 8.25. The van der Waals surface area contributed by atoms with Gasteiger partial charge in [-0.1, -0.05) is 6.07 Å². The van der Waals surface area contributed by atoms with E-state index in [1.807, 2.05) is 19.1 Å². The number of methoxy groups -OCH3 is 2. The van der Waals surface area contributed by atoms with Gasteiger partial charge in [-0.3, -0.25) is 4.79 Å². The van der Waals surface area contributed by atoms with Gasteiger partial charge in [-0.15, -0.1) is 0 Å². The fourth-order valence-electron chi connectivity index (χ4n) is 2.36. The highest BCUT2D eigenvalue weighted by Crippen LogP contribution is 2.28. The van der Waals surface area contributed by atoms with Crippen LogP contribution in [0.1, 0.15) is 6.92 Å². The molecule has 0 saturated heterocycles. The van der Waals surface area contributed by atoms with Crippen molar-refractivity contribution in [3.63, 3.8) is 0 Å². The van der Waals surface area contributed by atoms with Crippen molar-refractivity contribution in [2.75, 3.05) is 51.2 Å². The molecule has 0 fully saturated rings. The third-order valence-corrected chi connectivity index (χ3v) is 3.66. The highest BCUT2D eigenvalue weighted by molar-refractivity contribution is 5.94. The molecule has 7 nitrogen and oxygen atoms in total. The number of rotatable bonds is 11. The molecule has 0 bridgehead atoms. The van der Waals surface area contributed by atoms with Crippen LogP contribution in [0.3, 0.4) is 0 Å². The van der Waals surface area contributed by atoms with E-state index in [-0.39, 0.29) is 12.5 Å². The zero-order chi connectivity index (χ0) is 19.5. The highest BCUT2D eigenvalue weighted by Gasteiger charge is 2.08. The first-order valence-electron chi connectivity index (χ1n) is 8.72. The molecule has 0 saturated carbocycles. The summed E-state index contributed by atoms with van der Waals surface area (Å²) in [7, 11) is 3.16. The van der Waals surface area contributed by atoms with Crippen LogP contribution in [-0.4, -0.2) is 46.5 Å². The minimum absolute atomic E-state index is 0.0823. The van der Waals surface area contributed by atoms with Gasteiger partial charge < -0.3 is 29.6 Å². The van der Waals surface area contributed by atoms with E-state index in [9.17, 15) is 4.79 Å². The lowest BCUT2D eigenvalue weighted by Gasteiger charge is -2.13. The summed E-state index contributed by atoms with van der Waals surface area (Å²) in [4.78, 5) is 12.2. The lowest BCUT2D eigenvalue weighted by molar-refractivity contribution is -0.114. The van der Waals surface area contributed by atoms with E-state index in [1.165, 1.54) is 0 Å². The molecule has 27 heavy (non-hydrogen) atoms. The number of hydrogen-bond acceptors (Lipinski definition) is 6. The zero-order valence-corrected chi connectivity index (χ0v) is 15.9. The van der Waals surface area contributed by atoms with Crippen LogP contribution in [-0.2, 0) is 9.53 Å². The Hall–Kier alpha value is -2.93. The topological polar surface area (TPSA) is 78.1 Å². The van der Waals surface area contributed by atoms with Crippen molar-refractivity contribution in [1.82, 2.24) is 0 Å². The monoisotopic (exact) mass is 374 g/mol. The van der Waals surface area contributed by atoms with Gasteiger partial charge in [-0.25, -0.2) is 0 Å². The van der Waals surface area contributed by atoms with Crippen molar-refractivity contribution in [3.8, 4) is 17.2 Å². The van der Waals surface area contributed by atoms with Crippen LogP contribution in [0.15, 0.2) is 42.5 Å². The van der Waals surface area contributed by atoms with Crippen LogP contribution in [0.25, 0.3) is 0 Å². The summed E-state index contributed by atoms with van der Waals surface area (Å²) in [5.74, 6) is 1.80. The first kappa shape index (κ1) is 20.4. The normalized spacial score (nSPS) is 10.2. The highest BCUT2D eigenvalue weighted by atomic mass is 16.5. The summed E-state index contributed by atoms with van der Waals surface area (Å²) in [6.45, 7) is 3.66. The van der Waals surface area contributed by atoms with Crippen LogP contribution in [0, 0.1) is 0 Å². The molecule has 0 aliphatic carbocycles. The van der Waals surface area contributed by atoms with Crippen LogP contribution < -0.4 is 24.8 Å². The van der Waals surface area contributed by atoms with E-state index in [0.29, 0.717) is 48.4 Å². The number of hydrogen-bond donors (Lipinski definition) is 2. The average Bonchev–Trinajstić information content (AvgIpc) is 2.69. The predicted octanol–water partition coefficient (Wildman–Crippen LogP) is 3.17.